The average Bonchev–Trinajstić information content (AvgIpc) is 3.26. The molecule has 9 heteroatoms. The number of esters is 2. The van der Waals surface area contributed by atoms with Crippen LogP contribution in [0.1, 0.15) is 44.5 Å². The van der Waals surface area contributed by atoms with Gasteiger partial charge in [-0.15, -0.1) is 0 Å². The summed E-state index contributed by atoms with van der Waals surface area (Å²) in [6, 6.07) is 3.14. The second-order valence-electron chi connectivity index (χ2n) is 6.01. The lowest BCUT2D eigenvalue weighted by molar-refractivity contribution is -0.143. The Balaban J connectivity index is 2.08. The highest BCUT2D eigenvalue weighted by Crippen LogP contribution is 2.20. The van der Waals surface area contributed by atoms with Crippen LogP contribution in [0.15, 0.2) is 35.0 Å². The maximum absolute atomic E-state index is 13.5. The van der Waals surface area contributed by atoms with Crippen LogP contribution in [0.4, 0.5) is 8.63 Å². The van der Waals surface area contributed by atoms with Crippen molar-refractivity contribution in [3.05, 3.63) is 41.4 Å². The Kier molecular flexibility index (Phi) is 8.16. The summed E-state index contributed by atoms with van der Waals surface area (Å²) in [7, 11) is -2.74. The van der Waals surface area contributed by atoms with E-state index in [2.05, 4.69) is 4.99 Å². The molecule has 0 unspecified atom stereocenters. The minimum atomic E-state index is -2.74. The molecule has 1 aliphatic heterocycles. The van der Waals surface area contributed by atoms with Gasteiger partial charge < -0.3 is 14.0 Å². The average molecular weight is 392 g/mol. The fourth-order valence-corrected chi connectivity index (χ4v) is 2.79. The van der Waals surface area contributed by atoms with E-state index in [-0.39, 0.29) is 31.8 Å². The Hall–Kier alpha value is -2.71. The van der Waals surface area contributed by atoms with E-state index in [1.54, 1.807) is 44.2 Å². The number of halogens is 2. The molecule has 28 heavy (non-hydrogen) atoms. The van der Waals surface area contributed by atoms with E-state index in [9.17, 15) is 18.2 Å². The van der Waals surface area contributed by atoms with Crippen LogP contribution in [0.2, 0.25) is 0 Å². The number of rotatable bonds is 10. The number of hydrogen-bond acceptors (Lipinski definition) is 5. The molecule has 0 fully saturated rings. The van der Waals surface area contributed by atoms with Gasteiger partial charge in [-0.1, -0.05) is 0 Å². The molecule has 1 aromatic heterocycles. The van der Waals surface area contributed by atoms with Gasteiger partial charge in [0.2, 0.25) is 0 Å². The van der Waals surface area contributed by atoms with Crippen LogP contribution in [-0.4, -0.2) is 42.7 Å². The molecule has 2 heterocycles. The Labute approximate surface area is 163 Å². The third kappa shape index (κ3) is 6.18. The molecule has 0 bridgehead atoms. The van der Waals surface area contributed by atoms with Gasteiger partial charge in [0.15, 0.2) is 0 Å². The van der Waals surface area contributed by atoms with E-state index in [1.807, 2.05) is 0 Å². The molecule has 1 aliphatic rings. The van der Waals surface area contributed by atoms with Gasteiger partial charge >= 0.3 is 19.3 Å². The highest BCUT2D eigenvalue weighted by atomic mass is 19.2. The van der Waals surface area contributed by atoms with Crippen molar-refractivity contribution in [2.75, 3.05) is 13.2 Å². The number of aryl methyl sites for hydroxylation is 1. The quantitative estimate of drug-likeness (QED) is 0.452. The zero-order chi connectivity index (χ0) is 20.5. The highest BCUT2D eigenvalue weighted by molar-refractivity contribution is 6.41. The summed E-state index contributed by atoms with van der Waals surface area (Å²) in [5, 5.41) is 0. The van der Waals surface area contributed by atoms with Gasteiger partial charge in [-0.05, 0) is 50.6 Å². The first-order valence-corrected chi connectivity index (χ1v) is 9.21. The first kappa shape index (κ1) is 21.6. The van der Waals surface area contributed by atoms with Gasteiger partial charge in [0, 0.05) is 23.5 Å². The SMILES string of the molecule is CCOC(=O)CCC1=N/C(=C\c2ccc(CCC(=O)OCC)n2B(F)F)C=C1. The van der Waals surface area contributed by atoms with Gasteiger partial charge in [0.1, 0.15) is 0 Å². The zero-order valence-corrected chi connectivity index (χ0v) is 16.0. The predicted octanol–water partition coefficient (Wildman–Crippen LogP) is 3.45. The third-order valence-electron chi connectivity index (χ3n) is 4.03. The normalized spacial score (nSPS) is 14.3. The lowest BCUT2D eigenvalue weighted by Gasteiger charge is -2.08. The van der Waals surface area contributed by atoms with Crippen LogP contribution >= 0.6 is 0 Å². The second kappa shape index (κ2) is 10.6. The zero-order valence-electron chi connectivity index (χ0n) is 16.0. The summed E-state index contributed by atoms with van der Waals surface area (Å²) < 4.78 is 37.7. The van der Waals surface area contributed by atoms with Gasteiger partial charge in [-0.2, -0.15) is 0 Å². The largest absolute Gasteiger partial charge is 0.677 e. The number of carbonyl (C=O) groups is 2. The molecule has 0 spiro atoms. The van der Waals surface area contributed by atoms with E-state index in [0.717, 1.165) is 4.48 Å². The monoisotopic (exact) mass is 392 g/mol. The molecule has 0 aromatic carbocycles. The van der Waals surface area contributed by atoms with E-state index in [1.165, 1.54) is 0 Å². The number of ether oxygens (including phenoxy) is 2. The Bertz CT molecular complexity index is 800. The van der Waals surface area contributed by atoms with Crippen molar-refractivity contribution in [1.82, 2.24) is 4.48 Å². The van der Waals surface area contributed by atoms with Crippen LogP contribution < -0.4 is 0 Å². The van der Waals surface area contributed by atoms with Crippen LogP contribution in [0.5, 0.6) is 0 Å². The molecule has 0 N–H and O–H groups in total. The molecule has 0 saturated carbocycles. The Morgan fingerprint density at radius 3 is 2.32 bits per heavy atom. The van der Waals surface area contributed by atoms with Crippen molar-refractivity contribution in [3.63, 3.8) is 0 Å². The minimum absolute atomic E-state index is 0.0383. The molecule has 1 aromatic rings. The molecule has 0 aliphatic carbocycles. The summed E-state index contributed by atoms with van der Waals surface area (Å²) in [4.78, 5) is 27.2. The van der Waals surface area contributed by atoms with Crippen molar-refractivity contribution in [3.8, 4) is 0 Å². The maximum Gasteiger partial charge on any atom is 0.677 e. The van der Waals surface area contributed by atoms with Crippen molar-refractivity contribution in [2.24, 2.45) is 4.99 Å². The molecule has 2 rings (SSSR count). The number of aromatic nitrogens is 1. The molecule has 6 nitrogen and oxygen atoms in total. The van der Waals surface area contributed by atoms with Crippen LogP contribution in [-0.2, 0) is 25.5 Å². The van der Waals surface area contributed by atoms with E-state index in [0.29, 0.717) is 35.8 Å². The van der Waals surface area contributed by atoms with Crippen molar-refractivity contribution in [1.29, 1.82) is 0 Å². The van der Waals surface area contributed by atoms with E-state index >= 15 is 0 Å². The molecule has 0 atom stereocenters. The predicted molar refractivity (Wildman–Crippen MR) is 103 cm³/mol. The third-order valence-corrected chi connectivity index (χ3v) is 4.03. The first-order chi connectivity index (χ1) is 13.4. The van der Waals surface area contributed by atoms with Gasteiger partial charge in [-0.25, -0.2) is 0 Å². The number of carbonyl (C=O) groups excluding carboxylic acids is 2. The standard InChI is InChI=1S/C19H23BF2N2O4/c1-3-27-18(25)11-7-14-5-6-15(23-14)13-17-9-8-16(24(17)20(21)22)10-12-19(26)28-4-2/h5-6,8-9,13H,3-4,7,10-12H2,1-2H3/b15-13-. The lowest BCUT2D eigenvalue weighted by Crippen LogP contribution is -2.18. The van der Waals surface area contributed by atoms with Crippen LogP contribution in [0.25, 0.3) is 6.08 Å². The Morgan fingerprint density at radius 2 is 1.71 bits per heavy atom. The van der Waals surface area contributed by atoms with Crippen molar-refractivity contribution in [2.45, 2.75) is 39.5 Å². The summed E-state index contributed by atoms with van der Waals surface area (Å²) in [5.41, 5.74) is 1.86. The molecule has 0 amide bonds. The number of nitrogens with zero attached hydrogens (tertiary/aromatic N) is 2. The molecular weight excluding hydrogens is 369 g/mol. The lowest BCUT2D eigenvalue weighted by atomic mass is 10.1. The summed E-state index contributed by atoms with van der Waals surface area (Å²) in [6.07, 6.45) is 5.85. The number of aliphatic imine (C=N–C) groups is 1. The van der Waals surface area contributed by atoms with Gasteiger partial charge in [-0.3, -0.25) is 23.2 Å². The van der Waals surface area contributed by atoms with Crippen LogP contribution in [0, 0.1) is 0 Å². The van der Waals surface area contributed by atoms with E-state index in [4.69, 9.17) is 9.47 Å². The number of allylic oxidation sites excluding steroid dienone is 2. The minimum Gasteiger partial charge on any atom is -0.466 e. The first-order valence-electron chi connectivity index (χ1n) is 9.21. The van der Waals surface area contributed by atoms with Gasteiger partial charge in [0.05, 0.1) is 31.8 Å². The van der Waals surface area contributed by atoms with Crippen LogP contribution in [0.3, 0.4) is 0 Å². The van der Waals surface area contributed by atoms with Crippen molar-refractivity contribution >= 4 is 31.1 Å². The van der Waals surface area contributed by atoms with Crippen molar-refractivity contribution < 1.29 is 27.7 Å². The second-order valence-corrected chi connectivity index (χ2v) is 6.01. The molecular formula is C19H23BF2N2O4. The van der Waals surface area contributed by atoms with E-state index < -0.39 is 13.4 Å². The fourth-order valence-electron chi connectivity index (χ4n) is 2.79. The molecule has 0 saturated heterocycles. The smallest absolute Gasteiger partial charge is 0.466 e. The fraction of sp³-hybridized carbons (Fsp3) is 0.421. The summed E-state index contributed by atoms with van der Waals surface area (Å²) in [6.45, 7) is 4.02. The number of hydrogen-bond donors (Lipinski definition) is 0. The highest BCUT2D eigenvalue weighted by Gasteiger charge is 2.23. The molecule has 150 valence electrons. The van der Waals surface area contributed by atoms with Gasteiger partial charge in [0.25, 0.3) is 0 Å². The topological polar surface area (TPSA) is 69.9 Å². The molecule has 0 radical (unpaired) electrons. The Morgan fingerprint density at radius 1 is 1.07 bits per heavy atom. The summed E-state index contributed by atoms with van der Waals surface area (Å²) in [5.74, 6) is -0.715. The summed E-state index contributed by atoms with van der Waals surface area (Å²) >= 11 is 0. The maximum atomic E-state index is 13.5.